The van der Waals surface area contributed by atoms with Gasteiger partial charge < -0.3 is 9.47 Å². The van der Waals surface area contributed by atoms with Crippen LogP contribution in [0.2, 0.25) is 0 Å². The number of ether oxygens (including phenoxy) is 2. The summed E-state index contributed by atoms with van der Waals surface area (Å²) in [4.78, 5) is 0. The van der Waals surface area contributed by atoms with Crippen LogP contribution in [0.1, 0.15) is 23.7 Å². The highest BCUT2D eigenvalue weighted by atomic mass is 16.5. The van der Waals surface area contributed by atoms with E-state index in [9.17, 15) is 0 Å². The number of benzene rings is 1. The molecule has 6 nitrogen and oxygen atoms in total. The van der Waals surface area contributed by atoms with Gasteiger partial charge in [0.05, 0.1) is 14.2 Å². The lowest BCUT2D eigenvalue weighted by Gasteiger charge is -2.18. The Morgan fingerprint density at radius 1 is 1.24 bits per heavy atom. The minimum atomic E-state index is 0.0175. The van der Waals surface area contributed by atoms with E-state index < -0.39 is 0 Å². The topological polar surface area (TPSA) is 74.3 Å². The van der Waals surface area contributed by atoms with Crippen LogP contribution in [0.4, 0.5) is 0 Å². The zero-order valence-electron chi connectivity index (χ0n) is 12.7. The Bertz CT molecular complexity index is 561. The minimum Gasteiger partial charge on any atom is -0.497 e. The van der Waals surface area contributed by atoms with Crippen molar-refractivity contribution in [3.63, 3.8) is 0 Å². The molecule has 6 heteroatoms. The van der Waals surface area contributed by atoms with Gasteiger partial charge in [0.1, 0.15) is 11.5 Å². The molecule has 0 aliphatic heterocycles. The summed E-state index contributed by atoms with van der Waals surface area (Å²) in [6.45, 7) is 0. The van der Waals surface area contributed by atoms with Gasteiger partial charge in [-0.2, -0.15) is 5.10 Å². The minimum absolute atomic E-state index is 0.0175. The molecular weight excluding hydrogens is 268 g/mol. The maximum atomic E-state index is 5.71. The van der Waals surface area contributed by atoms with Crippen LogP contribution in [-0.4, -0.2) is 24.0 Å². The van der Waals surface area contributed by atoms with Crippen molar-refractivity contribution in [3.8, 4) is 11.5 Å². The van der Waals surface area contributed by atoms with E-state index in [0.717, 1.165) is 29.9 Å². The summed E-state index contributed by atoms with van der Waals surface area (Å²) >= 11 is 0. The van der Waals surface area contributed by atoms with Crippen LogP contribution >= 0.6 is 0 Å². The van der Waals surface area contributed by atoms with Crippen molar-refractivity contribution in [2.75, 3.05) is 14.2 Å². The van der Waals surface area contributed by atoms with E-state index in [0.29, 0.717) is 0 Å². The second-order valence-electron chi connectivity index (χ2n) is 4.85. The Hall–Kier alpha value is -2.05. The summed E-state index contributed by atoms with van der Waals surface area (Å²) < 4.78 is 12.5. The van der Waals surface area contributed by atoms with E-state index in [1.54, 1.807) is 20.4 Å². The van der Waals surface area contributed by atoms with Gasteiger partial charge >= 0.3 is 0 Å². The first-order valence-corrected chi connectivity index (χ1v) is 6.84. The second-order valence-corrected chi connectivity index (χ2v) is 4.85. The number of nitrogens with two attached hydrogens (primary N) is 1. The molecule has 2 rings (SSSR count). The number of hydrogen-bond acceptors (Lipinski definition) is 5. The van der Waals surface area contributed by atoms with Gasteiger partial charge in [-0.05, 0) is 36.6 Å². The molecule has 1 atom stereocenters. The van der Waals surface area contributed by atoms with Crippen molar-refractivity contribution in [2.45, 2.75) is 18.9 Å². The molecule has 0 fully saturated rings. The van der Waals surface area contributed by atoms with Crippen LogP contribution in [0.5, 0.6) is 11.5 Å². The Balaban J connectivity index is 2.14. The highest BCUT2D eigenvalue weighted by molar-refractivity contribution is 5.39. The maximum absolute atomic E-state index is 5.71. The number of hydrazine groups is 1. The molecule has 1 unspecified atom stereocenters. The molecule has 0 saturated heterocycles. The van der Waals surface area contributed by atoms with Crippen molar-refractivity contribution >= 4 is 0 Å². The molecular formula is C15H22N4O2. The largest absolute Gasteiger partial charge is 0.497 e. The third kappa shape index (κ3) is 3.74. The van der Waals surface area contributed by atoms with E-state index in [2.05, 4.69) is 10.5 Å². The molecule has 1 aromatic carbocycles. The van der Waals surface area contributed by atoms with Crippen molar-refractivity contribution in [2.24, 2.45) is 12.9 Å². The van der Waals surface area contributed by atoms with Crippen molar-refractivity contribution in [3.05, 3.63) is 41.7 Å². The van der Waals surface area contributed by atoms with E-state index >= 15 is 0 Å². The number of hydrogen-bond donors (Lipinski definition) is 2. The van der Waals surface area contributed by atoms with Crippen LogP contribution in [0.3, 0.4) is 0 Å². The first-order chi connectivity index (χ1) is 10.2. The Morgan fingerprint density at radius 2 is 1.90 bits per heavy atom. The first kappa shape index (κ1) is 15.3. The molecule has 0 amide bonds. The zero-order chi connectivity index (χ0) is 15.2. The van der Waals surface area contributed by atoms with Crippen LogP contribution < -0.4 is 20.7 Å². The number of methoxy groups -OCH3 is 2. The van der Waals surface area contributed by atoms with Gasteiger partial charge in [-0.3, -0.25) is 16.0 Å². The first-order valence-electron chi connectivity index (χ1n) is 6.84. The van der Waals surface area contributed by atoms with Gasteiger partial charge in [0.2, 0.25) is 0 Å². The highest BCUT2D eigenvalue weighted by Crippen LogP contribution is 2.28. The van der Waals surface area contributed by atoms with Crippen molar-refractivity contribution in [1.82, 2.24) is 15.2 Å². The van der Waals surface area contributed by atoms with Crippen molar-refractivity contribution in [1.29, 1.82) is 0 Å². The molecule has 1 aromatic heterocycles. The molecule has 0 bridgehead atoms. The van der Waals surface area contributed by atoms with E-state index in [1.807, 2.05) is 36.0 Å². The van der Waals surface area contributed by atoms with Gasteiger partial charge in [0.25, 0.3) is 0 Å². The molecule has 0 saturated carbocycles. The van der Waals surface area contributed by atoms with Gasteiger partial charge in [0.15, 0.2) is 0 Å². The van der Waals surface area contributed by atoms with Gasteiger partial charge in [-0.1, -0.05) is 0 Å². The molecule has 114 valence electrons. The Labute approximate surface area is 124 Å². The summed E-state index contributed by atoms with van der Waals surface area (Å²) in [6.07, 6.45) is 3.53. The summed E-state index contributed by atoms with van der Waals surface area (Å²) in [5, 5.41) is 4.17. The van der Waals surface area contributed by atoms with Crippen LogP contribution in [-0.2, 0) is 13.5 Å². The SMILES string of the molecule is COc1cc(OC)cc(C(CCc2ccnn2C)NN)c1. The lowest BCUT2D eigenvalue weighted by atomic mass is 10.0. The lowest BCUT2D eigenvalue weighted by Crippen LogP contribution is -2.28. The van der Waals surface area contributed by atoms with E-state index in [4.69, 9.17) is 15.3 Å². The number of aryl methyl sites for hydroxylation is 2. The molecule has 3 N–H and O–H groups in total. The fourth-order valence-corrected chi connectivity index (χ4v) is 2.32. The predicted octanol–water partition coefficient (Wildman–Crippen LogP) is 1.57. The number of nitrogens with one attached hydrogen (secondary N) is 1. The Kier molecular flexibility index (Phi) is 5.19. The molecule has 0 aliphatic carbocycles. The normalized spacial score (nSPS) is 12.2. The smallest absolute Gasteiger partial charge is 0.122 e. The molecule has 0 spiro atoms. The Morgan fingerprint density at radius 3 is 2.38 bits per heavy atom. The van der Waals surface area contributed by atoms with Crippen LogP contribution in [0.25, 0.3) is 0 Å². The number of nitrogens with zero attached hydrogens (tertiary/aromatic N) is 2. The third-order valence-corrected chi connectivity index (χ3v) is 3.59. The summed E-state index contributed by atoms with van der Waals surface area (Å²) in [7, 11) is 5.22. The zero-order valence-corrected chi connectivity index (χ0v) is 12.7. The average Bonchev–Trinajstić information content (AvgIpc) is 2.92. The quantitative estimate of drug-likeness (QED) is 0.598. The highest BCUT2D eigenvalue weighted by Gasteiger charge is 2.13. The van der Waals surface area contributed by atoms with Gasteiger partial charge in [-0.15, -0.1) is 0 Å². The summed E-state index contributed by atoms with van der Waals surface area (Å²) in [5.74, 6) is 7.22. The van der Waals surface area contributed by atoms with Gasteiger partial charge in [0, 0.05) is 31.0 Å². The van der Waals surface area contributed by atoms with Crippen LogP contribution in [0.15, 0.2) is 30.5 Å². The number of rotatable bonds is 7. The standard InChI is InChI=1S/C15H22N4O2/c1-19-12(6-7-17-19)4-5-15(18-16)11-8-13(20-2)10-14(9-11)21-3/h6-10,15,18H,4-5,16H2,1-3H3. The molecule has 0 radical (unpaired) electrons. The molecule has 1 heterocycles. The van der Waals surface area contributed by atoms with Gasteiger partial charge in [-0.25, -0.2) is 0 Å². The maximum Gasteiger partial charge on any atom is 0.122 e. The lowest BCUT2D eigenvalue weighted by molar-refractivity contribution is 0.390. The fraction of sp³-hybridized carbons (Fsp3) is 0.400. The van der Waals surface area contributed by atoms with Crippen LogP contribution in [0, 0.1) is 0 Å². The molecule has 0 aliphatic rings. The summed E-state index contributed by atoms with van der Waals surface area (Å²) in [5.41, 5.74) is 5.07. The fourth-order valence-electron chi connectivity index (χ4n) is 2.32. The third-order valence-electron chi connectivity index (χ3n) is 3.59. The van der Waals surface area contributed by atoms with Crippen molar-refractivity contribution < 1.29 is 9.47 Å². The summed E-state index contributed by atoms with van der Waals surface area (Å²) in [6, 6.07) is 7.81. The molecule has 21 heavy (non-hydrogen) atoms. The second kappa shape index (κ2) is 7.10. The monoisotopic (exact) mass is 290 g/mol. The molecule has 2 aromatic rings. The average molecular weight is 290 g/mol. The van der Waals surface area contributed by atoms with E-state index in [1.165, 1.54) is 5.69 Å². The van der Waals surface area contributed by atoms with E-state index in [-0.39, 0.29) is 6.04 Å². The number of aromatic nitrogens is 2. The predicted molar refractivity (Wildman–Crippen MR) is 81.1 cm³/mol.